The summed E-state index contributed by atoms with van der Waals surface area (Å²) in [6.45, 7) is 2.59. The largest absolute Gasteiger partial charge is 0.368 e. The molecule has 2 N–H and O–H groups in total. The lowest BCUT2D eigenvalue weighted by molar-refractivity contribution is 0.619. The summed E-state index contributed by atoms with van der Waals surface area (Å²) in [4.78, 5) is 7.82. The number of pyridine rings is 1. The first-order chi connectivity index (χ1) is 11.2. The van der Waals surface area contributed by atoms with Crippen LogP contribution < -0.4 is 5.32 Å². The lowest BCUT2D eigenvalue weighted by Crippen LogP contribution is -2.03. The molecule has 0 fully saturated rings. The molecular formula is C19H16FN3. The maximum atomic E-state index is 13.6. The number of H-pyrrole nitrogens is 1. The maximum Gasteiger partial charge on any atom is 0.126 e. The molecule has 2 aromatic heterocycles. The van der Waals surface area contributed by atoms with Crippen LogP contribution in [0.15, 0.2) is 48.8 Å². The number of halogens is 1. The van der Waals surface area contributed by atoms with Crippen molar-refractivity contribution in [3.05, 3.63) is 65.7 Å². The highest BCUT2D eigenvalue weighted by Crippen LogP contribution is 2.37. The highest BCUT2D eigenvalue weighted by atomic mass is 19.1. The number of nitrogens with one attached hydrogen (secondary N) is 2. The number of aromatic nitrogens is 2. The summed E-state index contributed by atoms with van der Waals surface area (Å²) >= 11 is 0. The van der Waals surface area contributed by atoms with Gasteiger partial charge in [0.25, 0.3) is 0 Å². The average molecular weight is 305 g/mol. The number of benzene rings is 1. The molecule has 0 amide bonds. The van der Waals surface area contributed by atoms with Crippen molar-refractivity contribution in [3.63, 3.8) is 0 Å². The minimum atomic E-state index is -0.197. The predicted molar refractivity (Wildman–Crippen MR) is 91.7 cm³/mol. The van der Waals surface area contributed by atoms with Gasteiger partial charge in [-0.1, -0.05) is 18.2 Å². The molecule has 1 aromatic carbocycles. The van der Waals surface area contributed by atoms with E-state index in [1.807, 2.05) is 24.4 Å². The first-order valence-electron chi connectivity index (χ1n) is 7.58. The van der Waals surface area contributed by atoms with Crippen LogP contribution in [0.4, 0.5) is 10.2 Å². The van der Waals surface area contributed by atoms with Crippen molar-refractivity contribution in [2.75, 3.05) is 11.9 Å². The third-order valence-corrected chi connectivity index (χ3v) is 4.13. The molecule has 0 aliphatic carbocycles. The topological polar surface area (TPSA) is 40.7 Å². The average Bonchev–Trinajstić information content (AvgIpc) is 3.01. The monoisotopic (exact) mass is 305 g/mol. The van der Waals surface area contributed by atoms with Gasteiger partial charge < -0.3 is 10.3 Å². The molecule has 4 heteroatoms. The van der Waals surface area contributed by atoms with Gasteiger partial charge in [0.2, 0.25) is 0 Å². The molecule has 23 heavy (non-hydrogen) atoms. The molecule has 0 saturated carbocycles. The Morgan fingerprint density at radius 1 is 1.17 bits per heavy atom. The standard InChI is InChI=1S/C19H16FN3/c1-12-10-13(6-7-17(12)20)18-14(4-2-8-21-18)16-11-23-19-15(16)5-3-9-22-19/h2-8,10-11,22-23H,9H2,1H3. The minimum absolute atomic E-state index is 0.197. The van der Waals surface area contributed by atoms with Gasteiger partial charge in [-0.05, 0) is 36.8 Å². The van der Waals surface area contributed by atoms with E-state index < -0.39 is 0 Å². The minimum Gasteiger partial charge on any atom is -0.368 e. The summed E-state index contributed by atoms with van der Waals surface area (Å²) in [5, 5.41) is 3.32. The molecule has 114 valence electrons. The molecule has 4 rings (SSSR count). The van der Waals surface area contributed by atoms with Crippen molar-refractivity contribution in [3.8, 4) is 22.4 Å². The quantitative estimate of drug-likeness (QED) is 0.724. The van der Waals surface area contributed by atoms with E-state index in [9.17, 15) is 4.39 Å². The second kappa shape index (κ2) is 5.39. The number of fused-ring (bicyclic) bond motifs is 1. The summed E-state index contributed by atoms with van der Waals surface area (Å²) in [6.07, 6.45) is 7.97. The van der Waals surface area contributed by atoms with E-state index in [1.165, 1.54) is 6.07 Å². The molecule has 0 unspecified atom stereocenters. The molecule has 3 nitrogen and oxygen atoms in total. The number of hydrogen-bond acceptors (Lipinski definition) is 2. The van der Waals surface area contributed by atoms with Gasteiger partial charge in [-0.15, -0.1) is 0 Å². The number of anilines is 1. The fourth-order valence-electron chi connectivity index (χ4n) is 2.96. The van der Waals surface area contributed by atoms with E-state index in [2.05, 4.69) is 27.4 Å². The Hall–Kier alpha value is -2.88. The van der Waals surface area contributed by atoms with Gasteiger partial charge in [0.05, 0.1) is 5.69 Å². The van der Waals surface area contributed by atoms with Crippen molar-refractivity contribution in [1.82, 2.24) is 9.97 Å². The molecule has 0 radical (unpaired) electrons. The summed E-state index contributed by atoms with van der Waals surface area (Å²) in [7, 11) is 0. The highest BCUT2D eigenvalue weighted by Gasteiger charge is 2.17. The second-order valence-corrected chi connectivity index (χ2v) is 5.64. The number of rotatable bonds is 2. The molecule has 3 aromatic rings. The zero-order chi connectivity index (χ0) is 15.8. The Labute approximate surface area is 133 Å². The summed E-state index contributed by atoms with van der Waals surface area (Å²) in [5.74, 6) is 0.824. The van der Waals surface area contributed by atoms with Gasteiger partial charge in [0, 0.05) is 41.2 Å². The molecule has 0 saturated heterocycles. The molecule has 1 aliphatic rings. The molecular weight excluding hydrogens is 289 g/mol. The van der Waals surface area contributed by atoms with E-state index in [4.69, 9.17) is 0 Å². The first-order valence-corrected chi connectivity index (χ1v) is 7.58. The molecule has 1 aliphatic heterocycles. The fourth-order valence-corrected chi connectivity index (χ4v) is 2.96. The lowest BCUT2D eigenvalue weighted by Gasteiger charge is -2.12. The molecule has 3 heterocycles. The van der Waals surface area contributed by atoms with Gasteiger partial charge in [-0.25, -0.2) is 4.39 Å². The van der Waals surface area contributed by atoms with Crippen LogP contribution in [0, 0.1) is 12.7 Å². The maximum absolute atomic E-state index is 13.6. The molecule has 0 spiro atoms. The fraction of sp³-hybridized carbons (Fsp3) is 0.105. The summed E-state index contributed by atoms with van der Waals surface area (Å²) in [6, 6.07) is 9.09. The van der Waals surface area contributed by atoms with Crippen LogP contribution in [0.5, 0.6) is 0 Å². The van der Waals surface area contributed by atoms with Gasteiger partial charge in [0.15, 0.2) is 0 Å². The van der Waals surface area contributed by atoms with Gasteiger partial charge in [-0.3, -0.25) is 4.98 Å². The van der Waals surface area contributed by atoms with E-state index in [1.54, 1.807) is 19.2 Å². The van der Waals surface area contributed by atoms with Crippen LogP contribution in [0.25, 0.3) is 28.5 Å². The van der Waals surface area contributed by atoms with E-state index in [0.29, 0.717) is 5.56 Å². The highest BCUT2D eigenvalue weighted by molar-refractivity contribution is 5.89. The third-order valence-electron chi connectivity index (χ3n) is 4.13. The van der Waals surface area contributed by atoms with Crippen LogP contribution in [0.1, 0.15) is 11.1 Å². The first kappa shape index (κ1) is 13.8. The van der Waals surface area contributed by atoms with Crippen molar-refractivity contribution in [1.29, 1.82) is 0 Å². The summed E-state index contributed by atoms with van der Waals surface area (Å²) < 4.78 is 13.6. The third kappa shape index (κ3) is 2.32. The van der Waals surface area contributed by atoms with Crippen molar-refractivity contribution in [2.45, 2.75) is 6.92 Å². The van der Waals surface area contributed by atoms with E-state index in [0.717, 1.165) is 40.3 Å². The van der Waals surface area contributed by atoms with Gasteiger partial charge in [-0.2, -0.15) is 0 Å². The summed E-state index contributed by atoms with van der Waals surface area (Å²) in [5.41, 5.74) is 5.65. The Morgan fingerprint density at radius 3 is 2.96 bits per heavy atom. The lowest BCUT2D eigenvalue weighted by atomic mass is 9.97. The molecule has 0 bridgehead atoms. The number of aryl methyl sites for hydroxylation is 1. The van der Waals surface area contributed by atoms with E-state index >= 15 is 0 Å². The van der Waals surface area contributed by atoms with Crippen molar-refractivity contribution < 1.29 is 4.39 Å². The predicted octanol–water partition coefficient (Wildman–Crippen LogP) is 4.63. The number of nitrogens with zero attached hydrogens (tertiary/aromatic N) is 1. The second-order valence-electron chi connectivity index (χ2n) is 5.64. The van der Waals surface area contributed by atoms with Crippen molar-refractivity contribution >= 4 is 11.9 Å². The van der Waals surface area contributed by atoms with Gasteiger partial charge in [0.1, 0.15) is 11.6 Å². The molecule has 0 atom stereocenters. The zero-order valence-corrected chi connectivity index (χ0v) is 12.7. The van der Waals surface area contributed by atoms with E-state index in [-0.39, 0.29) is 5.82 Å². The Kier molecular flexibility index (Phi) is 3.23. The Balaban J connectivity index is 1.90. The normalized spacial score (nSPS) is 12.8. The number of hydrogen-bond donors (Lipinski definition) is 2. The van der Waals surface area contributed by atoms with Crippen molar-refractivity contribution in [2.24, 2.45) is 0 Å². The van der Waals surface area contributed by atoms with Crippen LogP contribution in [0.3, 0.4) is 0 Å². The zero-order valence-electron chi connectivity index (χ0n) is 12.7. The Bertz CT molecular complexity index is 909. The SMILES string of the molecule is Cc1cc(-c2ncccc2-c2c[nH]c3c2C=CCN3)ccc1F. The smallest absolute Gasteiger partial charge is 0.126 e. The van der Waals surface area contributed by atoms with Crippen LogP contribution in [-0.4, -0.2) is 16.5 Å². The number of aromatic amines is 1. The van der Waals surface area contributed by atoms with Crippen LogP contribution in [0.2, 0.25) is 0 Å². The van der Waals surface area contributed by atoms with Crippen LogP contribution in [-0.2, 0) is 0 Å². The van der Waals surface area contributed by atoms with Crippen LogP contribution >= 0.6 is 0 Å². The van der Waals surface area contributed by atoms with Gasteiger partial charge >= 0.3 is 0 Å². The Morgan fingerprint density at radius 2 is 2.09 bits per heavy atom.